The largest absolute Gasteiger partial charge is 0.478 e. The van der Waals surface area contributed by atoms with Crippen LogP contribution in [0.5, 0.6) is 0 Å². The first-order valence-corrected chi connectivity index (χ1v) is 7.74. The molecular formula is C15H21NO2S. The maximum Gasteiger partial charge on any atom is 0.328 e. The standard InChI is InChI=1S/C15H21NO2S/c1-2-12-5-3-4-10-16(12)11-14-7-6-13(19-14)8-9-15(17)18/h6-9,12H,2-5,10-11H2,1H3,(H,17,18). The van der Waals surface area contributed by atoms with E-state index in [-0.39, 0.29) is 0 Å². The fraction of sp³-hybridized carbons (Fsp3) is 0.533. The quantitative estimate of drug-likeness (QED) is 0.837. The Balaban J connectivity index is 1.97. The van der Waals surface area contributed by atoms with E-state index in [1.807, 2.05) is 6.07 Å². The highest BCUT2D eigenvalue weighted by molar-refractivity contribution is 7.12. The molecule has 0 aromatic carbocycles. The van der Waals surface area contributed by atoms with Gasteiger partial charge in [-0.25, -0.2) is 4.79 Å². The van der Waals surface area contributed by atoms with E-state index in [1.165, 1.54) is 43.2 Å². The predicted molar refractivity (Wildman–Crippen MR) is 79.3 cm³/mol. The fourth-order valence-corrected chi connectivity index (χ4v) is 3.59. The van der Waals surface area contributed by atoms with Crippen LogP contribution in [0.2, 0.25) is 0 Å². The number of piperidine rings is 1. The molecule has 0 amide bonds. The number of carboxylic acids is 1. The minimum Gasteiger partial charge on any atom is -0.478 e. The van der Waals surface area contributed by atoms with E-state index in [2.05, 4.69) is 17.9 Å². The molecule has 1 aromatic heterocycles. The number of carbonyl (C=O) groups is 1. The molecule has 0 saturated carbocycles. The number of hydrogen-bond donors (Lipinski definition) is 1. The summed E-state index contributed by atoms with van der Waals surface area (Å²) < 4.78 is 0. The van der Waals surface area contributed by atoms with Crippen molar-refractivity contribution in [3.63, 3.8) is 0 Å². The molecule has 19 heavy (non-hydrogen) atoms. The molecule has 1 saturated heterocycles. The second-order valence-corrected chi connectivity index (χ2v) is 6.20. The summed E-state index contributed by atoms with van der Waals surface area (Å²) in [4.78, 5) is 15.4. The predicted octanol–water partition coefficient (Wildman–Crippen LogP) is 3.61. The summed E-state index contributed by atoms with van der Waals surface area (Å²) in [6.45, 7) is 4.46. The first-order valence-electron chi connectivity index (χ1n) is 6.93. The molecule has 1 unspecified atom stereocenters. The monoisotopic (exact) mass is 279 g/mol. The smallest absolute Gasteiger partial charge is 0.328 e. The fourth-order valence-electron chi connectivity index (χ4n) is 2.65. The molecule has 1 aliphatic heterocycles. The molecule has 0 radical (unpaired) electrons. The van der Waals surface area contributed by atoms with Crippen LogP contribution in [-0.2, 0) is 11.3 Å². The lowest BCUT2D eigenvalue weighted by Gasteiger charge is -2.34. The van der Waals surface area contributed by atoms with Gasteiger partial charge in [0, 0.05) is 28.4 Å². The van der Waals surface area contributed by atoms with Crippen LogP contribution in [0, 0.1) is 0 Å². The van der Waals surface area contributed by atoms with Crippen LogP contribution < -0.4 is 0 Å². The van der Waals surface area contributed by atoms with Crippen LogP contribution in [-0.4, -0.2) is 28.6 Å². The van der Waals surface area contributed by atoms with Crippen molar-refractivity contribution in [1.29, 1.82) is 0 Å². The number of rotatable bonds is 5. The minimum atomic E-state index is -0.892. The van der Waals surface area contributed by atoms with E-state index in [4.69, 9.17) is 5.11 Å². The summed E-state index contributed by atoms with van der Waals surface area (Å²) in [5, 5.41) is 8.62. The van der Waals surface area contributed by atoms with E-state index >= 15 is 0 Å². The second kappa shape index (κ2) is 6.87. The van der Waals surface area contributed by atoms with Gasteiger partial charge in [0.15, 0.2) is 0 Å². The van der Waals surface area contributed by atoms with Crippen LogP contribution in [0.1, 0.15) is 42.4 Å². The van der Waals surface area contributed by atoms with Crippen molar-refractivity contribution in [1.82, 2.24) is 4.90 Å². The first kappa shape index (κ1) is 14.3. The lowest BCUT2D eigenvalue weighted by Crippen LogP contribution is -2.38. The molecule has 104 valence electrons. The van der Waals surface area contributed by atoms with Crippen molar-refractivity contribution in [2.24, 2.45) is 0 Å². The third-order valence-electron chi connectivity index (χ3n) is 3.65. The van der Waals surface area contributed by atoms with Crippen LogP contribution >= 0.6 is 11.3 Å². The number of hydrogen-bond acceptors (Lipinski definition) is 3. The van der Waals surface area contributed by atoms with Crippen molar-refractivity contribution in [2.45, 2.75) is 45.2 Å². The van der Waals surface area contributed by atoms with E-state index < -0.39 is 5.97 Å². The van der Waals surface area contributed by atoms with E-state index in [0.29, 0.717) is 6.04 Å². The van der Waals surface area contributed by atoms with E-state index in [1.54, 1.807) is 17.4 Å². The van der Waals surface area contributed by atoms with Gasteiger partial charge in [0.1, 0.15) is 0 Å². The molecule has 2 heterocycles. The Hall–Kier alpha value is -1.13. The van der Waals surface area contributed by atoms with Gasteiger partial charge in [-0.2, -0.15) is 0 Å². The van der Waals surface area contributed by atoms with Gasteiger partial charge in [-0.1, -0.05) is 13.3 Å². The lowest BCUT2D eigenvalue weighted by atomic mass is 10.00. The normalized spacial score (nSPS) is 21.0. The third-order valence-corrected chi connectivity index (χ3v) is 4.69. The van der Waals surface area contributed by atoms with Gasteiger partial charge in [-0.05, 0) is 44.0 Å². The SMILES string of the molecule is CCC1CCCCN1Cc1ccc(C=CC(=O)O)s1. The Labute approximate surface area is 118 Å². The Morgan fingerprint density at radius 2 is 2.37 bits per heavy atom. The lowest BCUT2D eigenvalue weighted by molar-refractivity contribution is -0.131. The van der Waals surface area contributed by atoms with Gasteiger partial charge in [0.2, 0.25) is 0 Å². The third kappa shape index (κ3) is 4.18. The maximum absolute atomic E-state index is 10.5. The Morgan fingerprint density at radius 1 is 1.53 bits per heavy atom. The van der Waals surface area contributed by atoms with Gasteiger partial charge in [-0.3, -0.25) is 4.90 Å². The zero-order valence-electron chi connectivity index (χ0n) is 11.3. The molecule has 3 nitrogen and oxygen atoms in total. The average molecular weight is 279 g/mol. The molecule has 1 aliphatic rings. The highest BCUT2D eigenvalue weighted by Crippen LogP contribution is 2.25. The number of likely N-dealkylation sites (tertiary alicyclic amines) is 1. The maximum atomic E-state index is 10.5. The van der Waals surface area contributed by atoms with E-state index in [0.717, 1.165) is 11.4 Å². The van der Waals surface area contributed by atoms with Gasteiger partial charge in [-0.15, -0.1) is 11.3 Å². The molecule has 1 N–H and O–H groups in total. The van der Waals surface area contributed by atoms with Gasteiger partial charge in [0.05, 0.1) is 0 Å². The van der Waals surface area contributed by atoms with Gasteiger partial charge < -0.3 is 5.11 Å². The molecule has 1 atom stereocenters. The van der Waals surface area contributed by atoms with Crippen molar-refractivity contribution in [2.75, 3.05) is 6.54 Å². The van der Waals surface area contributed by atoms with Crippen molar-refractivity contribution < 1.29 is 9.90 Å². The van der Waals surface area contributed by atoms with Crippen molar-refractivity contribution in [3.05, 3.63) is 28.0 Å². The first-order chi connectivity index (χ1) is 9.19. The zero-order valence-corrected chi connectivity index (χ0v) is 12.2. The summed E-state index contributed by atoms with van der Waals surface area (Å²) in [7, 11) is 0. The molecule has 0 spiro atoms. The van der Waals surface area contributed by atoms with Crippen LogP contribution in [0.3, 0.4) is 0 Å². The summed E-state index contributed by atoms with van der Waals surface area (Å²) in [6.07, 6.45) is 8.06. The number of nitrogens with zero attached hydrogens (tertiary/aromatic N) is 1. The summed E-state index contributed by atoms with van der Waals surface area (Å²) in [5.74, 6) is -0.892. The summed E-state index contributed by atoms with van der Waals surface area (Å²) >= 11 is 1.69. The number of carboxylic acid groups (broad SMARTS) is 1. The van der Waals surface area contributed by atoms with Crippen LogP contribution in [0.4, 0.5) is 0 Å². The summed E-state index contributed by atoms with van der Waals surface area (Å²) in [5.41, 5.74) is 0. The van der Waals surface area contributed by atoms with Crippen LogP contribution in [0.15, 0.2) is 18.2 Å². The highest BCUT2D eigenvalue weighted by atomic mass is 32.1. The second-order valence-electron chi connectivity index (χ2n) is 5.00. The molecule has 2 rings (SSSR count). The number of aliphatic carboxylic acids is 1. The molecule has 0 aliphatic carbocycles. The minimum absolute atomic E-state index is 0.717. The molecular weight excluding hydrogens is 258 g/mol. The van der Waals surface area contributed by atoms with Crippen LogP contribution in [0.25, 0.3) is 6.08 Å². The van der Waals surface area contributed by atoms with Crippen molar-refractivity contribution in [3.8, 4) is 0 Å². The average Bonchev–Trinajstić information content (AvgIpc) is 2.85. The Morgan fingerprint density at radius 3 is 3.11 bits per heavy atom. The molecule has 0 bridgehead atoms. The van der Waals surface area contributed by atoms with Gasteiger partial charge >= 0.3 is 5.97 Å². The Bertz CT molecular complexity index is 453. The topological polar surface area (TPSA) is 40.5 Å². The van der Waals surface area contributed by atoms with E-state index in [9.17, 15) is 4.79 Å². The van der Waals surface area contributed by atoms with Crippen molar-refractivity contribution >= 4 is 23.4 Å². The molecule has 1 fully saturated rings. The highest BCUT2D eigenvalue weighted by Gasteiger charge is 2.20. The number of thiophene rings is 1. The Kier molecular flexibility index (Phi) is 5.16. The van der Waals surface area contributed by atoms with Gasteiger partial charge in [0.25, 0.3) is 0 Å². The summed E-state index contributed by atoms with van der Waals surface area (Å²) in [6, 6.07) is 4.84. The molecule has 4 heteroatoms. The molecule has 1 aromatic rings. The zero-order chi connectivity index (χ0) is 13.7.